The molecule has 1 aromatic carbocycles. The Morgan fingerprint density at radius 1 is 1.24 bits per heavy atom. The quantitative estimate of drug-likeness (QED) is 0.887. The van der Waals surface area contributed by atoms with E-state index in [0.717, 1.165) is 25.3 Å². The van der Waals surface area contributed by atoms with Gasteiger partial charge in [0, 0.05) is 0 Å². The van der Waals surface area contributed by atoms with Crippen LogP contribution in [0.1, 0.15) is 42.6 Å². The fraction of sp³-hybridized carbons (Fsp3) is 0.471. The van der Waals surface area contributed by atoms with E-state index in [2.05, 4.69) is 15.5 Å². The van der Waals surface area contributed by atoms with Crippen LogP contribution < -0.4 is 10.7 Å². The first-order valence-electron chi connectivity index (χ1n) is 8.25. The van der Waals surface area contributed by atoms with Crippen LogP contribution in [0.5, 0.6) is 0 Å². The first-order chi connectivity index (χ1) is 12.0. The Morgan fingerprint density at radius 2 is 1.96 bits per heavy atom. The van der Waals surface area contributed by atoms with Crippen molar-refractivity contribution in [3.8, 4) is 0 Å². The minimum absolute atomic E-state index is 0.0496. The van der Waals surface area contributed by atoms with Crippen molar-refractivity contribution in [1.29, 1.82) is 0 Å². The molecule has 1 atom stereocenters. The van der Waals surface area contributed by atoms with Crippen LogP contribution in [0.2, 0.25) is 0 Å². The number of aromatic nitrogens is 2. The number of H-pyrrole nitrogens is 1. The Morgan fingerprint density at radius 3 is 2.64 bits per heavy atom. The van der Waals surface area contributed by atoms with Crippen molar-refractivity contribution in [3.63, 3.8) is 0 Å². The van der Waals surface area contributed by atoms with Gasteiger partial charge in [-0.25, -0.2) is 13.2 Å². The molecule has 25 heavy (non-hydrogen) atoms. The number of aromatic amines is 1. The fourth-order valence-corrected chi connectivity index (χ4v) is 3.37. The monoisotopic (exact) mass is 353 g/mol. The summed E-state index contributed by atoms with van der Waals surface area (Å²) in [6.07, 6.45) is 1.18. The molecule has 0 bridgehead atoms. The topological polar surface area (TPSA) is 74.8 Å². The van der Waals surface area contributed by atoms with Gasteiger partial charge in [0.05, 0.1) is 11.4 Å². The molecule has 1 aliphatic rings. The van der Waals surface area contributed by atoms with Crippen molar-refractivity contribution in [3.05, 3.63) is 39.9 Å². The van der Waals surface area contributed by atoms with Crippen LogP contribution in [0.4, 0.5) is 13.2 Å². The van der Waals surface area contributed by atoms with Crippen LogP contribution in [-0.2, 0) is 0 Å². The highest BCUT2D eigenvalue weighted by molar-refractivity contribution is 5.95. The molecule has 2 aromatic rings. The van der Waals surface area contributed by atoms with E-state index in [0.29, 0.717) is 12.8 Å². The van der Waals surface area contributed by atoms with Crippen molar-refractivity contribution in [2.75, 3.05) is 0 Å². The second kappa shape index (κ2) is 7.25. The Hall–Kier alpha value is -2.38. The van der Waals surface area contributed by atoms with Crippen molar-refractivity contribution in [2.24, 2.45) is 5.92 Å². The number of rotatable bonds is 4. The van der Waals surface area contributed by atoms with Gasteiger partial charge < -0.3 is 5.32 Å². The van der Waals surface area contributed by atoms with E-state index in [1.165, 1.54) is 12.1 Å². The fourth-order valence-electron chi connectivity index (χ4n) is 3.37. The lowest BCUT2D eigenvalue weighted by atomic mass is 9.84. The Bertz CT molecular complexity index is 831. The van der Waals surface area contributed by atoms with Gasteiger partial charge in [-0.1, -0.05) is 25.3 Å². The number of carbonyl (C=O) groups is 1. The van der Waals surface area contributed by atoms with Gasteiger partial charge in [0.1, 0.15) is 11.3 Å². The van der Waals surface area contributed by atoms with Gasteiger partial charge in [0.15, 0.2) is 5.69 Å². The van der Waals surface area contributed by atoms with Crippen LogP contribution in [0.15, 0.2) is 23.0 Å². The van der Waals surface area contributed by atoms with Gasteiger partial charge in [-0.3, -0.25) is 14.7 Å². The number of halogens is 3. The molecule has 1 aromatic heterocycles. The number of amides is 1. The summed E-state index contributed by atoms with van der Waals surface area (Å²) >= 11 is 0. The second-order valence-corrected chi connectivity index (χ2v) is 6.30. The largest absolute Gasteiger partial charge is 0.342 e. The lowest BCUT2D eigenvalue weighted by molar-refractivity contribution is 0.0498. The highest BCUT2D eigenvalue weighted by Crippen LogP contribution is 2.29. The lowest BCUT2D eigenvalue weighted by Gasteiger charge is -2.30. The van der Waals surface area contributed by atoms with E-state index in [1.807, 2.05) is 0 Å². The van der Waals surface area contributed by atoms with Gasteiger partial charge >= 0.3 is 0 Å². The zero-order valence-electron chi connectivity index (χ0n) is 13.4. The molecular formula is C17H18F3N3O2. The number of hydrogen-bond donors (Lipinski definition) is 2. The van der Waals surface area contributed by atoms with Crippen molar-refractivity contribution < 1.29 is 18.0 Å². The summed E-state index contributed by atoms with van der Waals surface area (Å²) in [5, 5.41) is 8.12. The average Bonchev–Trinajstić information content (AvgIpc) is 2.61. The molecule has 3 rings (SSSR count). The van der Waals surface area contributed by atoms with Crippen molar-refractivity contribution in [1.82, 2.24) is 15.5 Å². The minimum Gasteiger partial charge on any atom is -0.342 e. The minimum atomic E-state index is -2.73. The van der Waals surface area contributed by atoms with E-state index in [9.17, 15) is 22.8 Å². The van der Waals surface area contributed by atoms with Crippen LogP contribution in [0, 0.1) is 11.7 Å². The van der Waals surface area contributed by atoms with Crippen LogP contribution in [0.25, 0.3) is 10.9 Å². The van der Waals surface area contributed by atoms with E-state index >= 15 is 0 Å². The van der Waals surface area contributed by atoms with E-state index < -0.39 is 35.3 Å². The molecule has 1 heterocycles. The molecule has 1 aliphatic carbocycles. The van der Waals surface area contributed by atoms with E-state index in [-0.39, 0.29) is 16.8 Å². The maximum Gasteiger partial charge on any atom is 0.276 e. The highest BCUT2D eigenvalue weighted by atomic mass is 19.3. The molecule has 134 valence electrons. The summed E-state index contributed by atoms with van der Waals surface area (Å²) in [6.45, 7) is 0. The molecule has 0 radical (unpaired) electrons. The van der Waals surface area contributed by atoms with Gasteiger partial charge in [-0.05, 0) is 30.9 Å². The number of para-hydroxylation sites is 1. The van der Waals surface area contributed by atoms with Crippen molar-refractivity contribution in [2.45, 2.75) is 44.6 Å². The molecule has 0 saturated heterocycles. The third-order valence-corrected chi connectivity index (χ3v) is 4.69. The highest BCUT2D eigenvalue weighted by Gasteiger charge is 2.33. The summed E-state index contributed by atoms with van der Waals surface area (Å²) in [7, 11) is 0. The first kappa shape index (κ1) is 17.4. The Balaban J connectivity index is 1.88. The molecular weight excluding hydrogens is 335 g/mol. The summed E-state index contributed by atoms with van der Waals surface area (Å²) in [4.78, 5) is 24.7. The first-order valence-corrected chi connectivity index (χ1v) is 8.25. The number of fused-ring (bicyclic) bond motifs is 1. The molecule has 0 spiro atoms. The summed E-state index contributed by atoms with van der Waals surface area (Å²) in [5.74, 6) is -1.97. The summed E-state index contributed by atoms with van der Waals surface area (Å²) in [6, 6.07) is 2.51. The van der Waals surface area contributed by atoms with Gasteiger partial charge in [0.2, 0.25) is 5.43 Å². The molecule has 1 unspecified atom stereocenters. The number of alkyl halides is 2. The SMILES string of the molecule is O=C(NC(C(F)F)C1CCCCC1)c1n[nH]c2c(F)cccc2c1=O. The smallest absolute Gasteiger partial charge is 0.276 e. The third kappa shape index (κ3) is 3.52. The number of benzene rings is 1. The summed E-state index contributed by atoms with van der Waals surface area (Å²) in [5.41, 5.74) is -1.45. The predicted molar refractivity (Wildman–Crippen MR) is 86.2 cm³/mol. The zero-order valence-corrected chi connectivity index (χ0v) is 13.4. The maximum atomic E-state index is 13.6. The van der Waals surface area contributed by atoms with Crippen LogP contribution in [-0.4, -0.2) is 28.6 Å². The van der Waals surface area contributed by atoms with Gasteiger partial charge in [0.25, 0.3) is 12.3 Å². The van der Waals surface area contributed by atoms with Crippen LogP contribution >= 0.6 is 0 Å². The molecule has 0 aliphatic heterocycles. The maximum absolute atomic E-state index is 13.6. The number of nitrogens with zero attached hydrogens (tertiary/aromatic N) is 1. The number of carbonyl (C=O) groups excluding carboxylic acids is 1. The molecule has 2 N–H and O–H groups in total. The average molecular weight is 353 g/mol. The van der Waals surface area contributed by atoms with Gasteiger partial charge in [-0.15, -0.1) is 0 Å². The second-order valence-electron chi connectivity index (χ2n) is 6.30. The molecule has 1 saturated carbocycles. The third-order valence-electron chi connectivity index (χ3n) is 4.69. The van der Waals surface area contributed by atoms with E-state index in [4.69, 9.17) is 0 Å². The predicted octanol–water partition coefficient (Wildman–Crippen LogP) is 3.01. The van der Waals surface area contributed by atoms with E-state index in [1.54, 1.807) is 0 Å². The van der Waals surface area contributed by atoms with Gasteiger partial charge in [-0.2, -0.15) is 5.10 Å². The summed E-state index contributed by atoms with van der Waals surface area (Å²) < 4.78 is 40.4. The molecule has 5 nitrogen and oxygen atoms in total. The molecule has 1 fully saturated rings. The van der Waals surface area contributed by atoms with Crippen molar-refractivity contribution >= 4 is 16.8 Å². The zero-order chi connectivity index (χ0) is 18.0. The number of nitrogens with one attached hydrogen (secondary N) is 2. The number of hydrogen-bond acceptors (Lipinski definition) is 3. The standard InChI is InChI=1S/C17H18F3N3O2/c18-11-8-4-7-10-13(11)22-23-14(15(10)24)17(25)21-12(16(19)20)9-5-2-1-3-6-9/h4,7-9,12,16H,1-3,5-6H2,(H,21,25)(H,22,24). The lowest BCUT2D eigenvalue weighted by Crippen LogP contribution is -2.47. The Labute approximate surface area is 141 Å². The molecule has 1 amide bonds. The van der Waals surface area contributed by atoms with Crippen LogP contribution in [0.3, 0.4) is 0 Å². The normalized spacial score (nSPS) is 17.0. The Kier molecular flexibility index (Phi) is 5.06. The molecule has 8 heteroatoms.